The van der Waals surface area contributed by atoms with Crippen molar-refractivity contribution < 1.29 is 14.6 Å². The summed E-state index contributed by atoms with van der Waals surface area (Å²) < 4.78 is 13.4. The number of aliphatic hydroxyl groups is 1. The molecular weight excluding hydrogens is 456 g/mol. The molecule has 2 rings (SSSR count). The molecule has 0 fully saturated rings. The molecule has 0 spiro atoms. The molecule has 0 unspecified atom stereocenters. The fourth-order valence-electron chi connectivity index (χ4n) is 1.59. The predicted molar refractivity (Wildman–Crippen MR) is 88.5 cm³/mol. The highest BCUT2D eigenvalue weighted by Crippen LogP contribution is 2.38. The number of aliphatic hydroxyl groups excluding tert-OH is 1. The van der Waals surface area contributed by atoms with E-state index in [1.54, 1.807) is 13.2 Å². The predicted octanol–water partition coefficient (Wildman–Crippen LogP) is 5.27. The Kier molecular flexibility index (Phi) is 5.49. The number of hydrogen-bond acceptors (Lipinski definition) is 3. The van der Waals surface area contributed by atoms with E-state index in [1.807, 2.05) is 24.3 Å². The quantitative estimate of drug-likeness (QED) is 0.667. The number of benzene rings is 2. The highest BCUT2D eigenvalue weighted by atomic mass is 79.9. The van der Waals surface area contributed by atoms with Crippen LogP contribution in [0, 0.1) is 0 Å². The van der Waals surface area contributed by atoms with E-state index in [-0.39, 0.29) is 6.61 Å². The van der Waals surface area contributed by atoms with Gasteiger partial charge in [0, 0.05) is 4.47 Å². The first-order chi connectivity index (χ1) is 9.55. The Morgan fingerprint density at radius 2 is 1.60 bits per heavy atom. The third kappa shape index (κ3) is 3.55. The summed E-state index contributed by atoms with van der Waals surface area (Å²) in [6.07, 6.45) is 0. The molecule has 0 radical (unpaired) electrons. The van der Waals surface area contributed by atoms with Crippen LogP contribution < -0.4 is 9.47 Å². The van der Waals surface area contributed by atoms with Crippen LogP contribution in [-0.2, 0) is 6.61 Å². The van der Waals surface area contributed by atoms with Crippen molar-refractivity contribution in [1.29, 1.82) is 0 Å². The Morgan fingerprint density at radius 1 is 0.950 bits per heavy atom. The lowest BCUT2D eigenvalue weighted by Crippen LogP contribution is -1.91. The van der Waals surface area contributed by atoms with Gasteiger partial charge in [-0.25, -0.2) is 0 Å². The van der Waals surface area contributed by atoms with Gasteiger partial charge in [-0.05, 0) is 61.7 Å². The smallest absolute Gasteiger partial charge is 0.143 e. The van der Waals surface area contributed by atoms with Gasteiger partial charge in [-0.2, -0.15) is 0 Å². The molecule has 0 amide bonds. The van der Waals surface area contributed by atoms with E-state index in [0.717, 1.165) is 24.7 Å². The number of rotatable bonds is 4. The lowest BCUT2D eigenvalue weighted by atomic mass is 10.2. The Balaban J connectivity index is 2.30. The second kappa shape index (κ2) is 6.93. The zero-order valence-corrected chi connectivity index (χ0v) is 15.2. The van der Waals surface area contributed by atoms with Crippen LogP contribution in [0.3, 0.4) is 0 Å². The first-order valence-electron chi connectivity index (χ1n) is 5.65. The summed E-state index contributed by atoms with van der Waals surface area (Å²) in [7, 11) is 1.61. The first-order valence-corrected chi connectivity index (χ1v) is 8.03. The van der Waals surface area contributed by atoms with E-state index >= 15 is 0 Å². The van der Waals surface area contributed by atoms with Crippen LogP contribution >= 0.6 is 47.8 Å². The summed E-state index contributed by atoms with van der Waals surface area (Å²) in [4.78, 5) is 0. The molecule has 2 aromatic carbocycles. The van der Waals surface area contributed by atoms with E-state index in [9.17, 15) is 0 Å². The molecule has 20 heavy (non-hydrogen) atoms. The van der Waals surface area contributed by atoms with Crippen molar-refractivity contribution in [2.45, 2.75) is 6.61 Å². The van der Waals surface area contributed by atoms with Crippen LogP contribution in [-0.4, -0.2) is 12.2 Å². The van der Waals surface area contributed by atoms with Crippen LogP contribution in [0.15, 0.2) is 43.7 Å². The molecule has 0 saturated carbocycles. The van der Waals surface area contributed by atoms with E-state index in [1.165, 1.54) is 0 Å². The third-order valence-electron chi connectivity index (χ3n) is 2.63. The van der Waals surface area contributed by atoms with Crippen molar-refractivity contribution in [3.8, 4) is 17.2 Å². The second-order valence-electron chi connectivity index (χ2n) is 3.93. The summed E-state index contributed by atoms with van der Waals surface area (Å²) in [5, 5.41) is 9.14. The highest BCUT2D eigenvalue weighted by Gasteiger charge is 2.10. The molecule has 0 aliphatic rings. The maximum absolute atomic E-state index is 9.14. The maximum Gasteiger partial charge on any atom is 0.143 e. The summed E-state index contributed by atoms with van der Waals surface area (Å²) >= 11 is 10.3. The van der Waals surface area contributed by atoms with Crippen molar-refractivity contribution in [2.24, 2.45) is 0 Å². The number of methoxy groups -OCH3 is 1. The van der Waals surface area contributed by atoms with Gasteiger partial charge >= 0.3 is 0 Å². The SMILES string of the molecule is COc1cc(Br)c(Oc2ccc(CO)c(Br)c2)cc1Br. The Morgan fingerprint density at radius 3 is 2.20 bits per heavy atom. The number of hydrogen-bond donors (Lipinski definition) is 1. The van der Waals surface area contributed by atoms with Gasteiger partial charge in [0.05, 0.1) is 22.7 Å². The summed E-state index contributed by atoms with van der Waals surface area (Å²) in [6, 6.07) is 9.09. The zero-order valence-electron chi connectivity index (χ0n) is 10.5. The largest absolute Gasteiger partial charge is 0.496 e. The van der Waals surface area contributed by atoms with Crippen LogP contribution in [0.5, 0.6) is 17.2 Å². The normalized spacial score (nSPS) is 10.4. The molecular formula is C14H11Br3O3. The van der Waals surface area contributed by atoms with Crippen LogP contribution in [0.4, 0.5) is 0 Å². The van der Waals surface area contributed by atoms with E-state index < -0.39 is 0 Å². The van der Waals surface area contributed by atoms with E-state index in [0.29, 0.717) is 11.5 Å². The molecule has 1 N–H and O–H groups in total. The molecule has 0 bridgehead atoms. The van der Waals surface area contributed by atoms with Crippen molar-refractivity contribution in [3.05, 3.63) is 49.3 Å². The summed E-state index contributed by atoms with van der Waals surface area (Å²) in [5.41, 5.74) is 0.812. The van der Waals surface area contributed by atoms with Gasteiger partial charge in [-0.15, -0.1) is 0 Å². The number of ether oxygens (including phenoxy) is 2. The Hall–Kier alpha value is -0.560. The minimum Gasteiger partial charge on any atom is -0.496 e. The van der Waals surface area contributed by atoms with E-state index in [4.69, 9.17) is 14.6 Å². The van der Waals surface area contributed by atoms with Gasteiger partial charge in [-0.1, -0.05) is 22.0 Å². The average molecular weight is 467 g/mol. The molecule has 106 valence electrons. The van der Waals surface area contributed by atoms with Crippen LogP contribution in [0.1, 0.15) is 5.56 Å². The summed E-state index contributed by atoms with van der Waals surface area (Å²) in [5.74, 6) is 2.06. The fourth-order valence-corrected chi connectivity index (χ4v) is 2.96. The van der Waals surface area contributed by atoms with Gasteiger partial charge in [0.15, 0.2) is 0 Å². The zero-order chi connectivity index (χ0) is 14.7. The molecule has 0 aromatic heterocycles. The monoisotopic (exact) mass is 464 g/mol. The minimum atomic E-state index is -0.0152. The molecule has 0 saturated heterocycles. The average Bonchev–Trinajstić information content (AvgIpc) is 2.42. The molecule has 0 aliphatic carbocycles. The van der Waals surface area contributed by atoms with Crippen molar-refractivity contribution in [3.63, 3.8) is 0 Å². The Bertz CT molecular complexity index is 629. The van der Waals surface area contributed by atoms with Gasteiger partial charge < -0.3 is 14.6 Å². The Labute approximate surface area is 142 Å². The first kappa shape index (κ1) is 15.8. The third-order valence-corrected chi connectivity index (χ3v) is 4.61. The summed E-state index contributed by atoms with van der Waals surface area (Å²) in [6.45, 7) is -0.0152. The van der Waals surface area contributed by atoms with Crippen molar-refractivity contribution in [2.75, 3.05) is 7.11 Å². The highest BCUT2D eigenvalue weighted by molar-refractivity contribution is 9.11. The van der Waals surface area contributed by atoms with Crippen molar-refractivity contribution >= 4 is 47.8 Å². The topological polar surface area (TPSA) is 38.7 Å². The van der Waals surface area contributed by atoms with Gasteiger partial charge in [-0.3, -0.25) is 0 Å². The molecule has 3 nitrogen and oxygen atoms in total. The molecule has 2 aromatic rings. The number of halogens is 3. The standard InChI is InChI=1S/C14H11Br3O3/c1-19-13-5-12(17)14(6-11(13)16)20-9-3-2-8(7-18)10(15)4-9/h2-6,18H,7H2,1H3. The minimum absolute atomic E-state index is 0.0152. The molecule has 6 heteroatoms. The van der Waals surface area contributed by atoms with E-state index in [2.05, 4.69) is 47.8 Å². The fraction of sp³-hybridized carbons (Fsp3) is 0.143. The van der Waals surface area contributed by atoms with Crippen molar-refractivity contribution in [1.82, 2.24) is 0 Å². The van der Waals surface area contributed by atoms with Gasteiger partial charge in [0.25, 0.3) is 0 Å². The lowest BCUT2D eigenvalue weighted by molar-refractivity contribution is 0.281. The van der Waals surface area contributed by atoms with Gasteiger partial charge in [0.2, 0.25) is 0 Å². The second-order valence-corrected chi connectivity index (χ2v) is 6.49. The van der Waals surface area contributed by atoms with Crippen LogP contribution in [0.2, 0.25) is 0 Å². The lowest BCUT2D eigenvalue weighted by Gasteiger charge is -2.12. The molecule has 0 heterocycles. The van der Waals surface area contributed by atoms with Crippen LogP contribution in [0.25, 0.3) is 0 Å². The van der Waals surface area contributed by atoms with Gasteiger partial charge in [0.1, 0.15) is 17.2 Å². The molecule has 0 aliphatic heterocycles. The maximum atomic E-state index is 9.14. The molecule has 0 atom stereocenters.